The predicted octanol–water partition coefficient (Wildman–Crippen LogP) is 2.56. The second kappa shape index (κ2) is 6.16. The molecule has 0 spiro atoms. The number of ketones is 1. The highest BCUT2D eigenvalue weighted by Gasteiger charge is 2.11. The Bertz CT molecular complexity index is 853. The van der Waals surface area contributed by atoms with E-state index in [0.717, 1.165) is 11.3 Å². The summed E-state index contributed by atoms with van der Waals surface area (Å²) in [6, 6.07) is 7.77. The zero-order valence-corrected chi connectivity index (χ0v) is 13.2. The summed E-state index contributed by atoms with van der Waals surface area (Å²) in [5, 5.41) is 5.06. The van der Waals surface area contributed by atoms with Gasteiger partial charge in [-0.15, -0.1) is 0 Å². The van der Waals surface area contributed by atoms with Gasteiger partial charge in [-0.1, -0.05) is 26.0 Å². The highest BCUT2D eigenvalue weighted by molar-refractivity contribution is 5.86. The molecule has 0 unspecified atom stereocenters. The Balaban J connectivity index is 1.93. The third kappa shape index (κ3) is 3.21. The fourth-order valence-corrected chi connectivity index (χ4v) is 2.60. The monoisotopic (exact) mass is 309 g/mol. The smallest absolute Gasteiger partial charge is 0.168 e. The highest BCUT2D eigenvalue weighted by atomic mass is 16.1. The lowest BCUT2D eigenvalue weighted by atomic mass is 10.0. The molecule has 0 fully saturated rings. The third-order valence-corrected chi connectivity index (χ3v) is 3.59. The molecule has 0 saturated carbocycles. The van der Waals surface area contributed by atoms with Crippen LogP contribution in [0.5, 0.6) is 0 Å². The molecular formula is C17H19N5O. The first kappa shape index (κ1) is 15.1. The Kier molecular flexibility index (Phi) is 4.06. The van der Waals surface area contributed by atoms with Crippen molar-refractivity contribution < 1.29 is 4.79 Å². The molecule has 1 aromatic carbocycles. The summed E-state index contributed by atoms with van der Waals surface area (Å²) >= 11 is 0. The van der Waals surface area contributed by atoms with Gasteiger partial charge in [0.25, 0.3) is 0 Å². The average molecular weight is 309 g/mol. The Morgan fingerprint density at radius 1 is 1.30 bits per heavy atom. The van der Waals surface area contributed by atoms with Gasteiger partial charge in [0.1, 0.15) is 17.9 Å². The molecule has 0 bridgehead atoms. The molecular weight excluding hydrogens is 290 g/mol. The van der Waals surface area contributed by atoms with E-state index >= 15 is 0 Å². The first-order chi connectivity index (χ1) is 11.0. The van der Waals surface area contributed by atoms with Crippen molar-refractivity contribution in [3.8, 4) is 5.69 Å². The van der Waals surface area contributed by atoms with Gasteiger partial charge in [0.05, 0.1) is 17.3 Å². The molecule has 0 amide bonds. The normalized spacial score (nSPS) is 11.3. The highest BCUT2D eigenvalue weighted by Crippen LogP contribution is 2.20. The molecule has 0 aliphatic rings. The minimum atomic E-state index is 0.244. The van der Waals surface area contributed by atoms with Crippen molar-refractivity contribution in [2.45, 2.75) is 26.7 Å². The molecule has 0 aliphatic carbocycles. The van der Waals surface area contributed by atoms with Crippen LogP contribution in [0.25, 0.3) is 16.7 Å². The van der Waals surface area contributed by atoms with E-state index < -0.39 is 0 Å². The maximum absolute atomic E-state index is 12.0. The van der Waals surface area contributed by atoms with Crippen molar-refractivity contribution in [3.63, 3.8) is 0 Å². The number of nitrogens with two attached hydrogens (primary N) is 1. The van der Waals surface area contributed by atoms with Crippen LogP contribution >= 0.6 is 0 Å². The van der Waals surface area contributed by atoms with Crippen molar-refractivity contribution in [2.24, 2.45) is 5.92 Å². The Hall–Kier alpha value is -2.76. The predicted molar refractivity (Wildman–Crippen MR) is 89.2 cm³/mol. The molecule has 3 rings (SSSR count). The first-order valence-corrected chi connectivity index (χ1v) is 7.60. The first-order valence-electron chi connectivity index (χ1n) is 7.60. The lowest BCUT2D eigenvalue weighted by Crippen LogP contribution is -2.07. The van der Waals surface area contributed by atoms with Crippen LogP contribution in [0.2, 0.25) is 0 Å². The molecule has 6 nitrogen and oxygen atoms in total. The zero-order chi connectivity index (χ0) is 16.4. The number of carbonyl (C=O) groups is 1. The van der Waals surface area contributed by atoms with E-state index in [1.165, 1.54) is 6.33 Å². The molecule has 23 heavy (non-hydrogen) atoms. The number of rotatable bonds is 5. The lowest BCUT2D eigenvalue weighted by Gasteiger charge is -2.07. The van der Waals surface area contributed by atoms with E-state index in [2.05, 4.69) is 15.1 Å². The van der Waals surface area contributed by atoms with Gasteiger partial charge in [-0.2, -0.15) is 5.10 Å². The van der Waals surface area contributed by atoms with E-state index in [-0.39, 0.29) is 5.78 Å². The van der Waals surface area contributed by atoms with Gasteiger partial charge in [-0.3, -0.25) is 4.79 Å². The summed E-state index contributed by atoms with van der Waals surface area (Å²) < 4.78 is 1.71. The summed E-state index contributed by atoms with van der Waals surface area (Å²) in [4.78, 5) is 20.2. The van der Waals surface area contributed by atoms with Crippen LogP contribution in [0, 0.1) is 5.92 Å². The van der Waals surface area contributed by atoms with E-state index in [1.807, 2.05) is 38.1 Å². The van der Waals surface area contributed by atoms with Crippen LogP contribution in [-0.4, -0.2) is 25.5 Å². The van der Waals surface area contributed by atoms with Crippen molar-refractivity contribution in [3.05, 3.63) is 42.4 Å². The second-order valence-electron chi connectivity index (χ2n) is 6.04. The number of fused-ring (bicyclic) bond motifs is 1. The van der Waals surface area contributed by atoms with Crippen LogP contribution < -0.4 is 5.73 Å². The maximum atomic E-state index is 12.0. The fourth-order valence-electron chi connectivity index (χ4n) is 2.60. The zero-order valence-electron chi connectivity index (χ0n) is 13.2. The molecule has 0 radical (unpaired) electrons. The van der Waals surface area contributed by atoms with E-state index in [1.54, 1.807) is 10.9 Å². The number of nitrogens with zero attached hydrogens (tertiary/aromatic N) is 4. The molecule has 0 atom stereocenters. The SMILES string of the molecule is CC(C)CC(=O)Cc1cccc(-n2ncc3c(N)ncnc32)c1. The van der Waals surface area contributed by atoms with Crippen LogP contribution in [-0.2, 0) is 11.2 Å². The minimum Gasteiger partial charge on any atom is -0.383 e. The molecule has 6 heteroatoms. The molecule has 2 N–H and O–H groups in total. The van der Waals surface area contributed by atoms with E-state index in [9.17, 15) is 4.79 Å². The average Bonchev–Trinajstić information content (AvgIpc) is 2.92. The number of carbonyl (C=O) groups excluding carboxylic acids is 1. The standard InChI is InChI=1S/C17H19N5O/c1-11(2)6-14(23)8-12-4-3-5-13(7-12)22-17-15(9-21-22)16(18)19-10-20-17/h3-5,7,9-11H,6,8H2,1-2H3,(H2,18,19,20). The summed E-state index contributed by atoms with van der Waals surface area (Å²) in [6.07, 6.45) is 4.11. The molecule has 2 heterocycles. The Morgan fingerprint density at radius 2 is 2.13 bits per heavy atom. The van der Waals surface area contributed by atoms with Crippen molar-refractivity contribution in [2.75, 3.05) is 5.73 Å². The lowest BCUT2D eigenvalue weighted by molar-refractivity contribution is -0.119. The molecule has 0 saturated heterocycles. The second-order valence-corrected chi connectivity index (χ2v) is 6.04. The summed E-state index contributed by atoms with van der Waals surface area (Å²) in [5.41, 5.74) is 8.32. The molecule has 3 aromatic rings. The van der Waals surface area contributed by atoms with Crippen LogP contribution in [0.4, 0.5) is 5.82 Å². The summed E-state index contributed by atoms with van der Waals surface area (Å²) in [6.45, 7) is 4.10. The number of anilines is 1. The van der Waals surface area contributed by atoms with Gasteiger partial charge in [0.2, 0.25) is 0 Å². The summed E-state index contributed by atoms with van der Waals surface area (Å²) in [7, 11) is 0. The Labute approximate surface area is 134 Å². The number of nitrogen functional groups attached to an aromatic ring is 1. The summed E-state index contributed by atoms with van der Waals surface area (Å²) in [5.74, 6) is 1.03. The minimum absolute atomic E-state index is 0.244. The van der Waals surface area contributed by atoms with Gasteiger partial charge >= 0.3 is 0 Å². The Morgan fingerprint density at radius 3 is 2.91 bits per heavy atom. The van der Waals surface area contributed by atoms with Gasteiger partial charge in [0, 0.05) is 12.8 Å². The third-order valence-electron chi connectivity index (χ3n) is 3.59. The maximum Gasteiger partial charge on any atom is 0.168 e. The fraction of sp³-hybridized carbons (Fsp3) is 0.294. The quantitative estimate of drug-likeness (QED) is 0.782. The van der Waals surface area contributed by atoms with Crippen molar-refractivity contribution in [1.29, 1.82) is 0 Å². The topological polar surface area (TPSA) is 86.7 Å². The van der Waals surface area contributed by atoms with Crippen LogP contribution in [0.1, 0.15) is 25.8 Å². The van der Waals surface area contributed by atoms with Gasteiger partial charge in [-0.25, -0.2) is 14.6 Å². The van der Waals surface area contributed by atoms with Crippen molar-refractivity contribution in [1.82, 2.24) is 19.7 Å². The number of aromatic nitrogens is 4. The molecule has 0 aliphatic heterocycles. The van der Waals surface area contributed by atoms with Crippen LogP contribution in [0.3, 0.4) is 0 Å². The van der Waals surface area contributed by atoms with Gasteiger partial charge in [0.15, 0.2) is 5.65 Å². The van der Waals surface area contributed by atoms with Gasteiger partial charge < -0.3 is 5.73 Å². The van der Waals surface area contributed by atoms with E-state index in [4.69, 9.17) is 5.73 Å². The van der Waals surface area contributed by atoms with Crippen LogP contribution in [0.15, 0.2) is 36.8 Å². The molecule has 2 aromatic heterocycles. The largest absolute Gasteiger partial charge is 0.383 e. The number of Topliss-reactive ketones (excluding diaryl/α,β-unsaturated/α-hetero) is 1. The number of hydrogen-bond acceptors (Lipinski definition) is 5. The number of hydrogen-bond donors (Lipinski definition) is 1. The number of benzene rings is 1. The van der Waals surface area contributed by atoms with Crippen molar-refractivity contribution >= 4 is 22.6 Å². The van der Waals surface area contributed by atoms with E-state index in [0.29, 0.717) is 35.6 Å². The van der Waals surface area contributed by atoms with Gasteiger partial charge in [-0.05, 0) is 23.6 Å². The molecule has 118 valence electrons.